The number of aromatic nitrogens is 3. The highest BCUT2D eigenvalue weighted by molar-refractivity contribution is 6.44. The molecule has 1 aromatic heterocycles. The Labute approximate surface area is 178 Å². The maximum absolute atomic E-state index is 12.5. The molecule has 0 bridgehead atoms. The van der Waals surface area contributed by atoms with Crippen molar-refractivity contribution < 1.29 is 4.79 Å². The Morgan fingerprint density at radius 3 is 2.41 bits per heavy atom. The van der Waals surface area contributed by atoms with E-state index in [9.17, 15) is 4.79 Å². The molecule has 0 atom stereocenters. The largest absolute Gasteiger partial charge is 0.322 e. The molecular formula is C22H18Cl2N4O. The first-order valence-corrected chi connectivity index (χ1v) is 9.91. The summed E-state index contributed by atoms with van der Waals surface area (Å²) >= 11 is 12.1. The van der Waals surface area contributed by atoms with Crippen LogP contribution in [0, 0.1) is 0 Å². The number of benzene rings is 3. The van der Waals surface area contributed by atoms with Gasteiger partial charge in [-0.05, 0) is 53.9 Å². The summed E-state index contributed by atoms with van der Waals surface area (Å²) in [7, 11) is 0. The molecule has 0 fully saturated rings. The predicted octanol–water partition coefficient (Wildman–Crippen LogP) is 6.10. The van der Waals surface area contributed by atoms with Crippen LogP contribution in [0.5, 0.6) is 0 Å². The van der Waals surface area contributed by atoms with Gasteiger partial charge >= 0.3 is 0 Å². The molecule has 1 amide bonds. The Kier molecular flexibility index (Phi) is 5.26. The number of carbonyl (C=O) groups is 1. The summed E-state index contributed by atoms with van der Waals surface area (Å²) in [6, 6.07) is 18.5. The number of hydrogen-bond donors (Lipinski definition) is 1. The van der Waals surface area contributed by atoms with E-state index < -0.39 is 0 Å². The van der Waals surface area contributed by atoms with Crippen LogP contribution in [0.1, 0.15) is 35.7 Å². The molecule has 146 valence electrons. The van der Waals surface area contributed by atoms with Crippen molar-refractivity contribution >= 4 is 45.8 Å². The molecule has 1 heterocycles. The van der Waals surface area contributed by atoms with Gasteiger partial charge in [-0.3, -0.25) is 4.79 Å². The summed E-state index contributed by atoms with van der Waals surface area (Å²) in [6.07, 6.45) is 0. The van der Waals surface area contributed by atoms with Crippen molar-refractivity contribution in [1.29, 1.82) is 0 Å². The fraction of sp³-hybridized carbons (Fsp3) is 0.136. The first-order valence-electron chi connectivity index (χ1n) is 9.15. The van der Waals surface area contributed by atoms with Crippen molar-refractivity contribution in [3.8, 4) is 5.69 Å². The zero-order valence-corrected chi connectivity index (χ0v) is 17.4. The lowest BCUT2D eigenvalue weighted by Crippen LogP contribution is -2.12. The minimum Gasteiger partial charge on any atom is -0.322 e. The van der Waals surface area contributed by atoms with Crippen LogP contribution >= 0.6 is 23.2 Å². The molecule has 0 saturated carbocycles. The van der Waals surface area contributed by atoms with Crippen LogP contribution in [0.4, 0.5) is 5.69 Å². The smallest absolute Gasteiger partial charge is 0.257 e. The average Bonchev–Trinajstić information content (AvgIpc) is 3.13. The van der Waals surface area contributed by atoms with Gasteiger partial charge in [-0.2, -0.15) is 4.80 Å². The number of nitrogens with one attached hydrogen (secondary N) is 1. The van der Waals surface area contributed by atoms with Gasteiger partial charge in [0.15, 0.2) is 0 Å². The number of nitrogens with zero attached hydrogens (tertiary/aromatic N) is 3. The van der Waals surface area contributed by atoms with E-state index in [2.05, 4.69) is 41.5 Å². The van der Waals surface area contributed by atoms with E-state index in [1.807, 2.05) is 18.2 Å². The lowest BCUT2D eigenvalue weighted by atomic mass is 10.0. The van der Waals surface area contributed by atoms with Crippen molar-refractivity contribution in [3.63, 3.8) is 0 Å². The summed E-state index contributed by atoms with van der Waals surface area (Å²) in [5.41, 5.74) is 4.45. The molecule has 7 heteroatoms. The van der Waals surface area contributed by atoms with Crippen molar-refractivity contribution in [2.45, 2.75) is 19.8 Å². The predicted molar refractivity (Wildman–Crippen MR) is 117 cm³/mol. The summed E-state index contributed by atoms with van der Waals surface area (Å²) < 4.78 is 0. The Balaban J connectivity index is 1.60. The topological polar surface area (TPSA) is 59.8 Å². The zero-order valence-electron chi connectivity index (χ0n) is 15.9. The molecule has 4 rings (SSSR count). The minimum atomic E-state index is -0.339. The minimum absolute atomic E-state index is 0.225. The van der Waals surface area contributed by atoms with Crippen LogP contribution in [-0.4, -0.2) is 20.9 Å². The molecule has 29 heavy (non-hydrogen) atoms. The third kappa shape index (κ3) is 3.97. The van der Waals surface area contributed by atoms with Gasteiger partial charge in [0.2, 0.25) is 0 Å². The lowest BCUT2D eigenvalue weighted by Gasteiger charge is -2.07. The van der Waals surface area contributed by atoms with Crippen molar-refractivity contribution in [2.75, 3.05) is 5.32 Å². The lowest BCUT2D eigenvalue weighted by molar-refractivity contribution is 0.102. The SMILES string of the molecule is CC(C)c1ccc(-n2nc3ccc(NC(=O)c4cccc(Cl)c4Cl)cc3n2)cc1. The second-order valence-corrected chi connectivity index (χ2v) is 7.78. The van der Waals surface area contributed by atoms with Crippen molar-refractivity contribution in [3.05, 3.63) is 81.8 Å². The Morgan fingerprint density at radius 2 is 1.69 bits per heavy atom. The molecule has 0 aliphatic heterocycles. The molecule has 4 aromatic rings. The molecule has 0 spiro atoms. The third-order valence-electron chi connectivity index (χ3n) is 4.63. The van der Waals surface area contributed by atoms with E-state index in [0.29, 0.717) is 27.7 Å². The van der Waals surface area contributed by atoms with Gasteiger partial charge in [0.1, 0.15) is 11.0 Å². The fourth-order valence-electron chi connectivity index (χ4n) is 2.98. The summed E-state index contributed by atoms with van der Waals surface area (Å²) in [5, 5.41) is 12.4. The van der Waals surface area contributed by atoms with Gasteiger partial charge in [-0.1, -0.05) is 55.2 Å². The van der Waals surface area contributed by atoms with Gasteiger partial charge in [0.05, 0.1) is 21.3 Å². The van der Waals surface area contributed by atoms with Gasteiger partial charge in [-0.25, -0.2) is 0 Å². The van der Waals surface area contributed by atoms with Gasteiger partial charge in [0, 0.05) is 5.69 Å². The monoisotopic (exact) mass is 424 g/mol. The van der Waals surface area contributed by atoms with Crippen molar-refractivity contribution in [1.82, 2.24) is 15.0 Å². The zero-order chi connectivity index (χ0) is 20.5. The quantitative estimate of drug-likeness (QED) is 0.430. The maximum Gasteiger partial charge on any atom is 0.257 e. The Hall–Kier alpha value is -2.89. The summed E-state index contributed by atoms with van der Waals surface area (Å²) in [4.78, 5) is 14.1. The second-order valence-electron chi connectivity index (χ2n) is 6.99. The van der Waals surface area contributed by atoms with E-state index in [4.69, 9.17) is 23.2 Å². The Morgan fingerprint density at radius 1 is 0.966 bits per heavy atom. The van der Waals surface area contributed by atoms with Gasteiger partial charge in [0.25, 0.3) is 5.91 Å². The number of carbonyl (C=O) groups excluding carboxylic acids is 1. The normalized spacial score (nSPS) is 11.2. The van der Waals surface area contributed by atoms with E-state index in [0.717, 1.165) is 11.2 Å². The highest BCUT2D eigenvalue weighted by Gasteiger charge is 2.14. The average molecular weight is 425 g/mol. The third-order valence-corrected chi connectivity index (χ3v) is 5.44. The van der Waals surface area contributed by atoms with Gasteiger partial charge < -0.3 is 5.32 Å². The van der Waals surface area contributed by atoms with Crippen LogP contribution in [0.2, 0.25) is 10.0 Å². The van der Waals surface area contributed by atoms with E-state index >= 15 is 0 Å². The van der Waals surface area contributed by atoms with Crippen molar-refractivity contribution in [2.24, 2.45) is 0 Å². The summed E-state index contributed by atoms with van der Waals surface area (Å²) in [6.45, 7) is 4.31. The van der Waals surface area contributed by atoms with Gasteiger partial charge in [-0.15, -0.1) is 10.2 Å². The molecule has 0 radical (unpaired) electrons. The first-order chi connectivity index (χ1) is 13.9. The van der Waals surface area contributed by atoms with E-state index in [-0.39, 0.29) is 10.9 Å². The van der Waals surface area contributed by atoms with Crippen LogP contribution in [0.15, 0.2) is 60.7 Å². The highest BCUT2D eigenvalue weighted by Crippen LogP contribution is 2.26. The second kappa shape index (κ2) is 7.85. The summed E-state index contributed by atoms with van der Waals surface area (Å²) in [5.74, 6) is 0.126. The standard InChI is InChI=1S/C22H18Cl2N4O/c1-13(2)14-6-9-16(10-7-14)28-26-19-11-8-15(12-20(19)27-28)25-22(29)17-4-3-5-18(23)21(17)24/h3-13H,1-2H3,(H,25,29). The number of anilines is 1. The molecule has 0 aliphatic rings. The van der Waals surface area contributed by atoms with Crippen LogP contribution < -0.4 is 5.32 Å². The number of amides is 1. The maximum atomic E-state index is 12.5. The van der Waals surface area contributed by atoms with Crippen LogP contribution in [0.25, 0.3) is 16.7 Å². The molecule has 1 N–H and O–H groups in total. The molecule has 0 saturated heterocycles. The molecule has 3 aromatic carbocycles. The Bertz CT molecular complexity index is 1200. The van der Waals surface area contributed by atoms with E-state index in [1.165, 1.54) is 5.56 Å². The van der Waals surface area contributed by atoms with Crippen LogP contribution in [-0.2, 0) is 0 Å². The molecule has 0 unspecified atom stereocenters. The molecule has 5 nitrogen and oxygen atoms in total. The number of rotatable bonds is 4. The molecule has 0 aliphatic carbocycles. The number of halogens is 2. The van der Waals surface area contributed by atoms with E-state index in [1.54, 1.807) is 35.1 Å². The first kappa shape index (κ1) is 19.4. The highest BCUT2D eigenvalue weighted by atomic mass is 35.5. The number of fused-ring (bicyclic) bond motifs is 1. The van der Waals surface area contributed by atoms with Crippen LogP contribution in [0.3, 0.4) is 0 Å². The fourth-order valence-corrected chi connectivity index (χ4v) is 3.36. The number of hydrogen-bond acceptors (Lipinski definition) is 3. The molecular weight excluding hydrogens is 407 g/mol.